The summed E-state index contributed by atoms with van der Waals surface area (Å²) in [7, 11) is 0. The van der Waals surface area contributed by atoms with E-state index in [9.17, 15) is 0 Å². The summed E-state index contributed by atoms with van der Waals surface area (Å²) in [6.45, 7) is 7.47. The van der Waals surface area contributed by atoms with Gasteiger partial charge in [-0.2, -0.15) is 0 Å². The fraction of sp³-hybridized carbons (Fsp3) is 0.467. The van der Waals surface area contributed by atoms with E-state index in [1.807, 2.05) is 19.1 Å². The Balaban J connectivity index is 2.00. The lowest BCUT2D eigenvalue weighted by atomic mass is 10.1. The standard InChI is InChI=1S/C15H21N3O2S/c1-4-16-14(10-21-15-18-17-11(3)20-15)12-6-8-13(9-7-12)19-5-2/h6-9,14,16H,4-5,10H2,1-3H3. The zero-order valence-electron chi connectivity index (χ0n) is 12.6. The van der Waals surface area contributed by atoms with E-state index >= 15 is 0 Å². The van der Waals surface area contributed by atoms with Crippen LogP contribution in [0.1, 0.15) is 31.3 Å². The van der Waals surface area contributed by atoms with E-state index in [0.717, 1.165) is 18.0 Å². The Kier molecular flexibility index (Phi) is 6.07. The van der Waals surface area contributed by atoms with Crippen LogP contribution in [0.4, 0.5) is 0 Å². The van der Waals surface area contributed by atoms with Crippen LogP contribution in [0.2, 0.25) is 0 Å². The van der Waals surface area contributed by atoms with Gasteiger partial charge in [0.1, 0.15) is 5.75 Å². The van der Waals surface area contributed by atoms with E-state index in [4.69, 9.17) is 9.15 Å². The van der Waals surface area contributed by atoms with Gasteiger partial charge in [0, 0.05) is 18.7 Å². The smallest absolute Gasteiger partial charge is 0.276 e. The van der Waals surface area contributed by atoms with Crippen molar-refractivity contribution in [2.75, 3.05) is 18.9 Å². The molecule has 0 amide bonds. The summed E-state index contributed by atoms with van der Waals surface area (Å²) in [4.78, 5) is 0. The van der Waals surface area contributed by atoms with Gasteiger partial charge in [0.05, 0.1) is 6.61 Å². The monoisotopic (exact) mass is 307 g/mol. The van der Waals surface area contributed by atoms with Crippen molar-refractivity contribution in [2.45, 2.75) is 32.0 Å². The predicted octanol–water partition coefficient (Wildman–Crippen LogP) is 3.22. The lowest BCUT2D eigenvalue weighted by Crippen LogP contribution is -2.22. The van der Waals surface area contributed by atoms with Crippen LogP contribution in [0.15, 0.2) is 33.9 Å². The summed E-state index contributed by atoms with van der Waals surface area (Å²) < 4.78 is 10.9. The average Bonchev–Trinajstić information content (AvgIpc) is 2.90. The molecule has 0 aliphatic carbocycles. The topological polar surface area (TPSA) is 60.2 Å². The molecule has 0 saturated heterocycles. The Labute approximate surface area is 129 Å². The second kappa shape index (κ2) is 8.05. The fourth-order valence-electron chi connectivity index (χ4n) is 1.97. The Morgan fingerprint density at radius 2 is 2.00 bits per heavy atom. The van der Waals surface area contributed by atoms with Crippen molar-refractivity contribution in [1.82, 2.24) is 15.5 Å². The van der Waals surface area contributed by atoms with Crippen LogP contribution in [0, 0.1) is 6.92 Å². The third-order valence-corrected chi connectivity index (χ3v) is 3.84. The molecule has 2 rings (SSSR count). The summed E-state index contributed by atoms with van der Waals surface area (Å²) >= 11 is 1.56. The molecule has 2 aromatic rings. The van der Waals surface area contributed by atoms with E-state index in [-0.39, 0.29) is 6.04 Å². The Bertz CT molecular complexity index is 542. The molecule has 21 heavy (non-hydrogen) atoms. The predicted molar refractivity (Wildman–Crippen MR) is 83.8 cm³/mol. The molecule has 0 spiro atoms. The number of hydrogen-bond donors (Lipinski definition) is 1. The first-order valence-electron chi connectivity index (χ1n) is 7.12. The zero-order chi connectivity index (χ0) is 15.1. The molecule has 5 nitrogen and oxygen atoms in total. The van der Waals surface area contributed by atoms with Crippen LogP contribution < -0.4 is 10.1 Å². The van der Waals surface area contributed by atoms with E-state index in [0.29, 0.717) is 17.7 Å². The third-order valence-electron chi connectivity index (χ3n) is 2.92. The Morgan fingerprint density at radius 1 is 1.24 bits per heavy atom. The minimum absolute atomic E-state index is 0.239. The van der Waals surface area contributed by atoms with E-state index in [1.165, 1.54) is 5.56 Å². The zero-order valence-corrected chi connectivity index (χ0v) is 13.4. The molecule has 1 N–H and O–H groups in total. The number of nitrogens with one attached hydrogen (secondary N) is 1. The van der Waals surface area contributed by atoms with Crippen molar-refractivity contribution >= 4 is 11.8 Å². The Morgan fingerprint density at radius 3 is 2.57 bits per heavy atom. The highest BCUT2D eigenvalue weighted by atomic mass is 32.2. The minimum atomic E-state index is 0.239. The molecule has 0 aliphatic rings. The van der Waals surface area contributed by atoms with Crippen molar-refractivity contribution in [3.8, 4) is 5.75 Å². The fourth-order valence-corrected chi connectivity index (χ4v) is 2.87. The van der Waals surface area contributed by atoms with Gasteiger partial charge in [0.25, 0.3) is 5.22 Å². The summed E-state index contributed by atoms with van der Waals surface area (Å²) in [5.74, 6) is 2.33. The number of hydrogen-bond acceptors (Lipinski definition) is 6. The molecular formula is C15H21N3O2S. The van der Waals surface area contributed by atoms with Crippen molar-refractivity contribution in [3.63, 3.8) is 0 Å². The number of benzene rings is 1. The number of aryl methyl sites for hydroxylation is 1. The number of nitrogens with zero attached hydrogens (tertiary/aromatic N) is 2. The van der Waals surface area contributed by atoms with E-state index in [2.05, 4.69) is 34.6 Å². The minimum Gasteiger partial charge on any atom is -0.494 e. The van der Waals surface area contributed by atoms with E-state index < -0.39 is 0 Å². The maximum atomic E-state index is 5.47. The molecule has 0 bridgehead atoms. The second-order valence-corrected chi connectivity index (χ2v) is 5.48. The van der Waals surface area contributed by atoms with Gasteiger partial charge < -0.3 is 14.5 Å². The molecule has 6 heteroatoms. The first-order valence-corrected chi connectivity index (χ1v) is 8.10. The molecule has 1 aromatic carbocycles. The van der Waals surface area contributed by atoms with Crippen molar-refractivity contribution in [1.29, 1.82) is 0 Å². The average molecular weight is 307 g/mol. The van der Waals surface area contributed by atoms with Crippen molar-refractivity contribution < 1.29 is 9.15 Å². The van der Waals surface area contributed by atoms with Crippen LogP contribution in [0.5, 0.6) is 5.75 Å². The molecule has 114 valence electrons. The first kappa shape index (κ1) is 15.9. The normalized spacial score (nSPS) is 12.3. The molecule has 0 aliphatic heterocycles. The first-order chi connectivity index (χ1) is 10.2. The van der Waals surface area contributed by atoms with Gasteiger partial charge in [-0.25, -0.2) is 0 Å². The number of thioether (sulfide) groups is 1. The molecule has 1 heterocycles. The van der Waals surface area contributed by atoms with Gasteiger partial charge in [-0.15, -0.1) is 10.2 Å². The molecule has 0 radical (unpaired) electrons. The number of rotatable bonds is 8. The van der Waals surface area contributed by atoms with Crippen LogP contribution in [-0.4, -0.2) is 29.1 Å². The summed E-state index contributed by atoms with van der Waals surface area (Å²) in [6, 6.07) is 8.44. The largest absolute Gasteiger partial charge is 0.494 e. The molecule has 1 aromatic heterocycles. The van der Waals surface area contributed by atoms with Crippen LogP contribution >= 0.6 is 11.8 Å². The lowest BCUT2D eigenvalue weighted by Gasteiger charge is -2.17. The van der Waals surface area contributed by atoms with Crippen LogP contribution in [0.3, 0.4) is 0 Å². The van der Waals surface area contributed by atoms with Gasteiger partial charge >= 0.3 is 0 Å². The molecular weight excluding hydrogens is 286 g/mol. The second-order valence-electron chi connectivity index (χ2n) is 4.51. The Hall–Kier alpha value is -1.53. The maximum Gasteiger partial charge on any atom is 0.276 e. The maximum absolute atomic E-state index is 5.47. The highest BCUT2D eigenvalue weighted by Crippen LogP contribution is 2.25. The highest BCUT2D eigenvalue weighted by Gasteiger charge is 2.13. The molecule has 1 unspecified atom stereocenters. The van der Waals surface area contributed by atoms with E-state index in [1.54, 1.807) is 18.7 Å². The summed E-state index contributed by atoms with van der Waals surface area (Å²) in [5, 5.41) is 11.9. The van der Waals surface area contributed by atoms with Crippen molar-refractivity contribution in [2.24, 2.45) is 0 Å². The molecule has 1 atom stereocenters. The number of aromatic nitrogens is 2. The quantitative estimate of drug-likeness (QED) is 0.756. The summed E-state index contributed by atoms with van der Waals surface area (Å²) in [5.41, 5.74) is 1.23. The molecule has 0 saturated carbocycles. The highest BCUT2D eigenvalue weighted by molar-refractivity contribution is 7.99. The summed E-state index contributed by atoms with van der Waals surface area (Å²) in [6.07, 6.45) is 0. The lowest BCUT2D eigenvalue weighted by molar-refractivity contribution is 0.340. The van der Waals surface area contributed by atoms with Gasteiger partial charge in [-0.1, -0.05) is 30.8 Å². The van der Waals surface area contributed by atoms with Gasteiger partial charge in [0.2, 0.25) is 5.89 Å². The van der Waals surface area contributed by atoms with Crippen LogP contribution in [0.25, 0.3) is 0 Å². The molecule has 0 fully saturated rings. The number of ether oxygens (including phenoxy) is 1. The van der Waals surface area contributed by atoms with Gasteiger partial charge in [-0.05, 0) is 31.2 Å². The van der Waals surface area contributed by atoms with Crippen LogP contribution in [-0.2, 0) is 0 Å². The third kappa shape index (κ3) is 4.75. The SMILES string of the molecule is CCNC(CSc1nnc(C)o1)c1ccc(OCC)cc1. The van der Waals surface area contributed by atoms with Gasteiger partial charge in [-0.3, -0.25) is 0 Å². The van der Waals surface area contributed by atoms with Gasteiger partial charge in [0.15, 0.2) is 0 Å². The van der Waals surface area contributed by atoms with Crippen molar-refractivity contribution in [3.05, 3.63) is 35.7 Å².